The van der Waals surface area contributed by atoms with Gasteiger partial charge in [0.25, 0.3) is 0 Å². The molecular weight excluding hydrogens is 380 g/mol. The third kappa shape index (κ3) is 6.80. The highest BCUT2D eigenvalue weighted by Crippen LogP contribution is 2.09. The van der Waals surface area contributed by atoms with E-state index in [-0.39, 0.29) is 42.6 Å². The minimum atomic E-state index is -0.617. The molecule has 8 heteroatoms. The van der Waals surface area contributed by atoms with Crippen LogP contribution in [0.1, 0.15) is 25.0 Å². The number of piperazine rings is 1. The number of carbonyl (C=O) groups excluding carboxylic acids is 3. The van der Waals surface area contributed by atoms with Crippen molar-refractivity contribution in [3.63, 3.8) is 0 Å². The van der Waals surface area contributed by atoms with Gasteiger partial charge in [-0.3, -0.25) is 14.4 Å². The first kappa shape index (κ1) is 23.9. The fourth-order valence-electron chi connectivity index (χ4n) is 2.89. The highest BCUT2D eigenvalue weighted by atomic mass is 35.5. The Morgan fingerprint density at radius 1 is 1.00 bits per heavy atom. The largest absolute Gasteiger partial charge is 0.346 e. The normalized spacial score (nSPS) is 15.0. The van der Waals surface area contributed by atoms with Crippen LogP contribution in [-0.2, 0) is 20.8 Å². The molecule has 3 amide bonds. The predicted octanol–water partition coefficient (Wildman–Crippen LogP) is 0.730. The number of nitrogens with two attached hydrogens (primary N) is 1. The number of aryl methyl sites for hydroxylation is 1. The van der Waals surface area contributed by atoms with Crippen molar-refractivity contribution >= 4 is 30.1 Å². The van der Waals surface area contributed by atoms with E-state index in [1.165, 1.54) is 5.56 Å². The number of carbonyl (C=O) groups is 3. The second-order valence-electron chi connectivity index (χ2n) is 7.41. The number of benzene rings is 1. The van der Waals surface area contributed by atoms with Gasteiger partial charge in [-0.1, -0.05) is 43.7 Å². The van der Waals surface area contributed by atoms with E-state index in [9.17, 15) is 14.4 Å². The quantitative estimate of drug-likeness (QED) is 0.722. The van der Waals surface area contributed by atoms with E-state index in [0.717, 1.165) is 5.56 Å². The summed E-state index contributed by atoms with van der Waals surface area (Å²) >= 11 is 0. The summed E-state index contributed by atoms with van der Waals surface area (Å²) in [5.74, 6) is -0.374. The molecule has 0 saturated carbocycles. The van der Waals surface area contributed by atoms with Gasteiger partial charge in [-0.2, -0.15) is 0 Å². The molecule has 1 aliphatic heterocycles. The van der Waals surface area contributed by atoms with E-state index in [4.69, 9.17) is 5.73 Å². The first-order valence-corrected chi connectivity index (χ1v) is 9.42. The summed E-state index contributed by atoms with van der Waals surface area (Å²) in [6, 6.07) is 7.32. The zero-order valence-electron chi connectivity index (χ0n) is 16.8. The van der Waals surface area contributed by atoms with Gasteiger partial charge >= 0.3 is 0 Å². The van der Waals surface area contributed by atoms with Gasteiger partial charge < -0.3 is 20.9 Å². The number of halogens is 1. The molecule has 0 bridgehead atoms. The number of hydrogen-bond acceptors (Lipinski definition) is 4. The maximum Gasteiger partial charge on any atom is 0.242 e. The molecule has 156 valence electrons. The summed E-state index contributed by atoms with van der Waals surface area (Å²) in [7, 11) is 0. The Morgan fingerprint density at radius 3 is 2.00 bits per heavy atom. The molecule has 1 aromatic rings. The summed E-state index contributed by atoms with van der Waals surface area (Å²) in [5.41, 5.74) is 7.93. The minimum absolute atomic E-state index is 0. The summed E-state index contributed by atoms with van der Waals surface area (Å²) < 4.78 is 0. The van der Waals surface area contributed by atoms with Gasteiger partial charge in [-0.25, -0.2) is 0 Å². The Balaban J connectivity index is 0.00000392. The molecule has 28 heavy (non-hydrogen) atoms. The number of rotatable bonds is 6. The third-order valence-corrected chi connectivity index (χ3v) is 4.90. The van der Waals surface area contributed by atoms with Crippen LogP contribution in [0.5, 0.6) is 0 Å². The van der Waals surface area contributed by atoms with Crippen LogP contribution in [0.3, 0.4) is 0 Å². The molecule has 0 unspecified atom stereocenters. The smallest absolute Gasteiger partial charge is 0.242 e. The van der Waals surface area contributed by atoms with Gasteiger partial charge in [-0.05, 0) is 18.4 Å². The Kier molecular flexibility index (Phi) is 9.41. The van der Waals surface area contributed by atoms with Crippen LogP contribution >= 0.6 is 12.4 Å². The fourth-order valence-corrected chi connectivity index (χ4v) is 2.89. The number of nitrogens with one attached hydrogen (secondary N) is 1. The summed E-state index contributed by atoms with van der Waals surface area (Å²) in [5, 5.41) is 2.60. The lowest BCUT2D eigenvalue weighted by molar-refractivity contribution is -0.139. The standard InChI is InChI=1S/C20H30N4O3.ClH/c1-14(2)19(21)20(27)22-13-18(26)24-10-8-23(9-11-24)17(25)12-16-6-4-15(3)5-7-16;/h4-7,14,19H,8-13,21H2,1-3H3,(H,22,27);1H/t19-;/m0./s1. The zero-order chi connectivity index (χ0) is 20.0. The molecule has 0 aromatic heterocycles. The van der Waals surface area contributed by atoms with Crippen LogP contribution < -0.4 is 11.1 Å². The number of nitrogens with zero attached hydrogens (tertiary/aromatic N) is 2. The van der Waals surface area contributed by atoms with E-state index >= 15 is 0 Å². The van der Waals surface area contributed by atoms with Crippen molar-refractivity contribution in [1.29, 1.82) is 0 Å². The molecular formula is C20H31ClN4O3. The van der Waals surface area contributed by atoms with Gasteiger partial charge in [0.2, 0.25) is 17.7 Å². The van der Waals surface area contributed by atoms with E-state index in [2.05, 4.69) is 5.32 Å². The average Bonchev–Trinajstić information content (AvgIpc) is 2.67. The molecule has 1 saturated heterocycles. The maximum atomic E-state index is 12.4. The highest BCUT2D eigenvalue weighted by molar-refractivity contribution is 5.87. The van der Waals surface area contributed by atoms with Crippen molar-refractivity contribution in [2.75, 3.05) is 32.7 Å². The highest BCUT2D eigenvalue weighted by Gasteiger charge is 2.25. The summed E-state index contributed by atoms with van der Waals surface area (Å²) in [6.07, 6.45) is 0.372. The van der Waals surface area contributed by atoms with Crippen LogP contribution in [0.25, 0.3) is 0 Å². The van der Waals surface area contributed by atoms with E-state index in [1.807, 2.05) is 45.0 Å². The topological polar surface area (TPSA) is 95.7 Å². The van der Waals surface area contributed by atoms with Gasteiger partial charge in [0.05, 0.1) is 19.0 Å². The predicted molar refractivity (Wildman–Crippen MR) is 111 cm³/mol. The SMILES string of the molecule is Cc1ccc(CC(=O)N2CCN(C(=O)CNC(=O)[C@@H](N)C(C)C)CC2)cc1.Cl. The van der Waals surface area contributed by atoms with Gasteiger partial charge in [0.15, 0.2) is 0 Å². The molecule has 1 aromatic carbocycles. The molecule has 7 nitrogen and oxygen atoms in total. The molecule has 1 fully saturated rings. The fraction of sp³-hybridized carbons (Fsp3) is 0.550. The summed E-state index contributed by atoms with van der Waals surface area (Å²) in [6.45, 7) is 7.65. The van der Waals surface area contributed by atoms with Gasteiger partial charge in [-0.15, -0.1) is 12.4 Å². The van der Waals surface area contributed by atoms with E-state index in [1.54, 1.807) is 9.80 Å². The maximum absolute atomic E-state index is 12.4. The first-order valence-electron chi connectivity index (χ1n) is 9.42. The Morgan fingerprint density at radius 2 is 1.50 bits per heavy atom. The lowest BCUT2D eigenvalue weighted by Crippen LogP contribution is -2.54. The van der Waals surface area contributed by atoms with Gasteiger partial charge in [0.1, 0.15) is 0 Å². The molecule has 1 aliphatic rings. The molecule has 1 heterocycles. The van der Waals surface area contributed by atoms with Crippen molar-refractivity contribution in [3.05, 3.63) is 35.4 Å². The second-order valence-corrected chi connectivity index (χ2v) is 7.41. The Hall–Kier alpha value is -2.12. The van der Waals surface area contributed by atoms with Crippen molar-refractivity contribution in [2.24, 2.45) is 11.7 Å². The monoisotopic (exact) mass is 410 g/mol. The lowest BCUT2D eigenvalue weighted by atomic mass is 10.1. The van der Waals surface area contributed by atoms with E-state index < -0.39 is 6.04 Å². The van der Waals surface area contributed by atoms with Crippen LogP contribution in [-0.4, -0.2) is 66.3 Å². The van der Waals surface area contributed by atoms with Crippen molar-refractivity contribution in [2.45, 2.75) is 33.2 Å². The van der Waals surface area contributed by atoms with Crippen LogP contribution in [0.15, 0.2) is 24.3 Å². The summed E-state index contributed by atoms with van der Waals surface area (Å²) in [4.78, 5) is 40.0. The van der Waals surface area contributed by atoms with Crippen molar-refractivity contribution < 1.29 is 14.4 Å². The Bertz CT molecular complexity index is 671. The van der Waals surface area contributed by atoms with Crippen LogP contribution in [0.4, 0.5) is 0 Å². The lowest BCUT2D eigenvalue weighted by Gasteiger charge is -2.35. The zero-order valence-corrected chi connectivity index (χ0v) is 17.6. The Labute approximate surface area is 173 Å². The average molecular weight is 411 g/mol. The van der Waals surface area contributed by atoms with Crippen LogP contribution in [0.2, 0.25) is 0 Å². The first-order chi connectivity index (χ1) is 12.8. The van der Waals surface area contributed by atoms with Crippen molar-refractivity contribution in [3.8, 4) is 0 Å². The number of amides is 3. The number of hydrogen-bond donors (Lipinski definition) is 2. The minimum Gasteiger partial charge on any atom is -0.346 e. The second kappa shape index (κ2) is 11.0. The molecule has 1 atom stereocenters. The third-order valence-electron chi connectivity index (χ3n) is 4.90. The molecule has 3 N–H and O–H groups in total. The molecule has 0 aliphatic carbocycles. The molecule has 2 rings (SSSR count). The molecule has 0 spiro atoms. The van der Waals surface area contributed by atoms with Crippen molar-refractivity contribution in [1.82, 2.24) is 15.1 Å². The molecule has 0 radical (unpaired) electrons. The van der Waals surface area contributed by atoms with Gasteiger partial charge in [0, 0.05) is 26.2 Å². The van der Waals surface area contributed by atoms with Crippen LogP contribution in [0, 0.1) is 12.8 Å². The van der Waals surface area contributed by atoms with E-state index in [0.29, 0.717) is 32.6 Å².